The molecule has 4 heterocycles. The van der Waals surface area contributed by atoms with E-state index in [0.717, 1.165) is 43.2 Å². The average molecular weight is 432 g/mol. The van der Waals surface area contributed by atoms with Crippen molar-refractivity contribution in [3.05, 3.63) is 72.4 Å². The Balaban J connectivity index is 1.24. The van der Waals surface area contributed by atoms with Crippen LogP contribution in [0.1, 0.15) is 47.8 Å². The Morgan fingerprint density at radius 2 is 1.88 bits per heavy atom. The molecule has 1 amide bonds. The zero-order valence-corrected chi connectivity index (χ0v) is 18.3. The first-order valence-electron chi connectivity index (χ1n) is 11.5. The number of rotatable bonds is 7. The van der Waals surface area contributed by atoms with Crippen LogP contribution in [0, 0.1) is 0 Å². The molecule has 7 heteroatoms. The number of likely N-dealkylation sites (tertiary alicyclic amines) is 2. The Labute approximate surface area is 188 Å². The molecular formula is C25H29N5O2. The van der Waals surface area contributed by atoms with Gasteiger partial charge in [-0.3, -0.25) is 14.3 Å². The van der Waals surface area contributed by atoms with E-state index in [1.54, 1.807) is 12.5 Å². The first kappa shape index (κ1) is 20.7. The highest BCUT2D eigenvalue weighted by molar-refractivity contribution is 5.94. The lowest BCUT2D eigenvalue weighted by molar-refractivity contribution is 0.0733. The molecule has 0 saturated carbocycles. The van der Waals surface area contributed by atoms with Gasteiger partial charge >= 0.3 is 0 Å². The molecule has 1 aromatic carbocycles. The van der Waals surface area contributed by atoms with Gasteiger partial charge in [0.2, 0.25) is 0 Å². The second-order valence-electron chi connectivity index (χ2n) is 8.47. The van der Waals surface area contributed by atoms with Crippen molar-refractivity contribution in [1.29, 1.82) is 0 Å². The summed E-state index contributed by atoms with van der Waals surface area (Å²) in [5.74, 6) is 1.68. The molecule has 0 bridgehead atoms. The summed E-state index contributed by atoms with van der Waals surface area (Å²) in [6, 6.07) is 13.5. The number of hydrogen-bond donors (Lipinski definition) is 0. The molecule has 1 atom stereocenters. The van der Waals surface area contributed by atoms with E-state index in [4.69, 9.17) is 9.72 Å². The summed E-state index contributed by atoms with van der Waals surface area (Å²) in [6.07, 6.45) is 9.82. The first-order chi connectivity index (χ1) is 15.8. The van der Waals surface area contributed by atoms with Crippen LogP contribution in [-0.2, 0) is 0 Å². The van der Waals surface area contributed by atoms with E-state index in [1.807, 2.05) is 58.1 Å². The van der Waals surface area contributed by atoms with Gasteiger partial charge in [-0.2, -0.15) is 0 Å². The number of benzene rings is 1. The predicted molar refractivity (Wildman–Crippen MR) is 122 cm³/mol. The molecule has 2 aromatic heterocycles. The fourth-order valence-corrected chi connectivity index (χ4v) is 4.64. The monoisotopic (exact) mass is 431 g/mol. The zero-order valence-electron chi connectivity index (χ0n) is 18.3. The Hall–Kier alpha value is -3.19. The summed E-state index contributed by atoms with van der Waals surface area (Å²) >= 11 is 0. The quantitative estimate of drug-likeness (QED) is 0.571. The lowest BCUT2D eigenvalue weighted by Gasteiger charge is -2.25. The number of pyridine rings is 1. The number of carbonyl (C=O) groups excluding carboxylic acids is 1. The van der Waals surface area contributed by atoms with Gasteiger partial charge in [-0.1, -0.05) is 6.07 Å². The Morgan fingerprint density at radius 3 is 2.66 bits per heavy atom. The van der Waals surface area contributed by atoms with E-state index in [-0.39, 0.29) is 11.9 Å². The van der Waals surface area contributed by atoms with Gasteiger partial charge in [0.25, 0.3) is 5.91 Å². The lowest BCUT2D eigenvalue weighted by Crippen LogP contribution is -2.31. The minimum atomic E-state index is -0.0117. The fraction of sp³-hybridized carbons (Fsp3) is 0.400. The minimum absolute atomic E-state index is 0.0117. The average Bonchev–Trinajstić information content (AvgIpc) is 3.62. The van der Waals surface area contributed by atoms with Crippen molar-refractivity contribution in [2.24, 2.45) is 0 Å². The van der Waals surface area contributed by atoms with Crippen molar-refractivity contribution >= 4 is 5.91 Å². The number of imidazole rings is 1. The Bertz CT molecular complexity index is 1030. The maximum absolute atomic E-state index is 13.3. The van der Waals surface area contributed by atoms with E-state index >= 15 is 0 Å². The molecule has 2 aliphatic heterocycles. The topological polar surface area (TPSA) is 63.5 Å². The van der Waals surface area contributed by atoms with Crippen LogP contribution in [0.25, 0.3) is 5.82 Å². The van der Waals surface area contributed by atoms with E-state index in [9.17, 15) is 4.79 Å². The number of nitrogens with zero attached hydrogens (tertiary/aromatic N) is 5. The normalized spacial score (nSPS) is 18.9. The second kappa shape index (κ2) is 9.53. The Kier molecular flexibility index (Phi) is 6.16. The summed E-state index contributed by atoms with van der Waals surface area (Å²) < 4.78 is 7.77. The standard InChI is InChI=1S/C25H29N5O2/c31-25(20-8-10-21(11-9-20)32-18-17-28-13-1-2-14-28)30-15-4-6-23(30)22-5-3-7-24(27-22)29-16-12-26-19-29/h3,5,7-12,16,19,23H,1-2,4,6,13-15,17-18H2/t23-/m0/s1. The third kappa shape index (κ3) is 4.53. The number of ether oxygens (including phenoxy) is 1. The molecule has 3 aromatic rings. The van der Waals surface area contributed by atoms with E-state index in [0.29, 0.717) is 12.2 Å². The summed E-state index contributed by atoms with van der Waals surface area (Å²) in [5, 5.41) is 0. The number of hydrogen-bond acceptors (Lipinski definition) is 5. The van der Waals surface area contributed by atoms with Gasteiger partial charge in [-0.25, -0.2) is 9.97 Å². The van der Waals surface area contributed by atoms with E-state index in [2.05, 4.69) is 9.88 Å². The molecule has 0 aliphatic carbocycles. The smallest absolute Gasteiger partial charge is 0.254 e. The molecule has 0 unspecified atom stereocenters. The summed E-state index contributed by atoms with van der Waals surface area (Å²) in [4.78, 5) is 26.6. The summed E-state index contributed by atoms with van der Waals surface area (Å²) in [6.45, 7) is 4.73. The van der Waals surface area contributed by atoms with Crippen LogP contribution >= 0.6 is 0 Å². The molecule has 0 spiro atoms. The molecule has 2 saturated heterocycles. The maximum atomic E-state index is 13.3. The predicted octanol–water partition coefficient (Wildman–Crippen LogP) is 3.72. The van der Waals surface area contributed by atoms with Crippen LogP contribution in [0.3, 0.4) is 0 Å². The molecule has 2 fully saturated rings. The highest BCUT2D eigenvalue weighted by Crippen LogP contribution is 2.32. The SMILES string of the molecule is O=C(c1ccc(OCCN2CCCC2)cc1)N1CCC[C@H]1c1cccc(-n2ccnc2)n1. The number of aromatic nitrogens is 3. The van der Waals surface area contributed by atoms with Crippen molar-refractivity contribution in [2.75, 3.05) is 32.8 Å². The van der Waals surface area contributed by atoms with Crippen molar-refractivity contribution in [3.8, 4) is 11.6 Å². The summed E-state index contributed by atoms with van der Waals surface area (Å²) in [7, 11) is 0. The van der Waals surface area contributed by atoms with Crippen LogP contribution in [0.4, 0.5) is 0 Å². The molecular weight excluding hydrogens is 402 g/mol. The molecule has 166 valence electrons. The number of amides is 1. The van der Waals surface area contributed by atoms with Crippen LogP contribution in [0.15, 0.2) is 61.2 Å². The van der Waals surface area contributed by atoms with E-state index in [1.165, 1.54) is 25.9 Å². The fourth-order valence-electron chi connectivity index (χ4n) is 4.64. The number of carbonyl (C=O) groups is 1. The lowest BCUT2D eigenvalue weighted by atomic mass is 10.1. The van der Waals surface area contributed by atoms with Gasteiger partial charge in [0.1, 0.15) is 24.5 Å². The maximum Gasteiger partial charge on any atom is 0.254 e. The molecule has 0 radical (unpaired) electrons. The molecule has 0 N–H and O–H groups in total. The Morgan fingerprint density at radius 1 is 1.03 bits per heavy atom. The van der Waals surface area contributed by atoms with Crippen LogP contribution in [0.2, 0.25) is 0 Å². The minimum Gasteiger partial charge on any atom is -0.492 e. The van der Waals surface area contributed by atoms with Crippen LogP contribution in [0.5, 0.6) is 5.75 Å². The van der Waals surface area contributed by atoms with Crippen LogP contribution < -0.4 is 4.74 Å². The third-order valence-electron chi connectivity index (χ3n) is 6.36. The van der Waals surface area contributed by atoms with Gasteiger partial charge < -0.3 is 9.64 Å². The highest BCUT2D eigenvalue weighted by atomic mass is 16.5. The van der Waals surface area contributed by atoms with Gasteiger partial charge in [0.15, 0.2) is 0 Å². The van der Waals surface area contributed by atoms with Gasteiger partial charge in [-0.05, 0) is 75.2 Å². The van der Waals surface area contributed by atoms with Crippen molar-refractivity contribution < 1.29 is 9.53 Å². The first-order valence-corrected chi connectivity index (χ1v) is 11.5. The van der Waals surface area contributed by atoms with E-state index < -0.39 is 0 Å². The third-order valence-corrected chi connectivity index (χ3v) is 6.36. The summed E-state index contributed by atoms with van der Waals surface area (Å²) in [5.41, 5.74) is 1.61. The molecule has 32 heavy (non-hydrogen) atoms. The molecule has 2 aliphatic rings. The van der Waals surface area contributed by atoms with Crippen LogP contribution in [-0.4, -0.2) is 63.0 Å². The van der Waals surface area contributed by atoms with Crippen molar-refractivity contribution in [1.82, 2.24) is 24.3 Å². The van der Waals surface area contributed by atoms with Gasteiger partial charge in [0, 0.05) is 31.0 Å². The molecule has 7 nitrogen and oxygen atoms in total. The largest absolute Gasteiger partial charge is 0.492 e. The van der Waals surface area contributed by atoms with Crippen molar-refractivity contribution in [3.63, 3.8) is 0 Å². The van der Waals surface area contributed by atoms with Crippen molar-refractivity contribution in [2.45, 2.75) is 31.7 Å². The molecule has 5 rings (SSSR count). The zero-order chi connectivity index (χ0) is 21.8. The van der Waals surface area contributed by atoms with Gasteiger partial charge in [-0.15, -0.1) is 0 Å². The van der Waals surface area contributed by atoms with Gasteiger partial charge in [0.05, 0.1) is 11.7 Å². The highest BCUT2D eigenvalue weighted by Gasteiger charge is 2.31. The second-order valence-corrected chi connectivity index (χ2v) is 8.47.